The summed E-state index contributed by atoms with van der Waals surface area (Å²) in [5.74, 6) is 0. The summed E-state index contributed by atoms with van der Waals surface area (Å²) in [5.41, 5.74) is 2.37. The lowest BCUT2D eigenvalue weighted by Gasteiger charge is -2.12. The number of nitrogens with zero attached hydrogens (tertiary/aromatic N) is 5. The molecule has 7 nitrogen and oxygen atoms in total. The van der Waals surface area contributed by atoms with Gasteiger partial charge in [0.15, 0.2) is 0 Å². The van der Waals surface area contributed by atoms with Crippen LogP contribution in [0.4, 0.5) is 0 Å². The Labute approximate surface area is 132 Å². The first-order valence-corrected chi connectivity index (χ1v) is 8.11. The average molecular weight is 321 g/mol. The molecule has 0 spiro atoms. The number of thioether (sulfide) groups is 1. The monoisotopic (exact) mass is 321 g/mol. The van der Waals surface area contributed by atoms with Gasteiger partial charge in [0.2, 0.25) is 0 Å². The second-order valence-electron chi connectivity index (χ2n) is 4.65. The molecule has 0 aliphatic heterocycles. The van der Waals surface area contributed by atoms with Gasteiger partial charge in [0.05, 0.1) is 5.69 Å². The third-order valence-corrected chi connectivity index (χ3v) is 3.94. The summed E-state index contributed by atoms with van der Waals surface area (Å²) in [5, 5.41) is 12.5. The molecular formula is C14H19N5O2S. The summed E-state index contributed by atoms with van der Waals surface area (Å²) >= 11 is 1.52. The molecule has 1 heterocycles. The molecule has 0 radical (unpaired) electrons. The lowest BCUT2D eigenvalue weighted by molar-refractivity contribution is 0.130. The van der Waals surface area contributed by atoms with Crippen LogP contribution in [0, 0.1) is 0 Å². The van der Waals surface area contributed by atoms with Gasteiger partial charge in [-0.2, -0.15) is 9.36 Å². The van der Waals surface area contributed by atoms with Crippen LogP contribution in [0.15, 0.2) is 28.1 Å². The second-order valence-corrected chi connectivity index (χ2v) is 5.65. The molecule has 0 saturated heterocycles. The highest BCUT2D eigenvalue weighted by Gasteiger charge is 2.14. The van der Waals surface area contributed by atoms with E-state index in [0.29, 0.717) is 5.69 Å². The molecular weight excluding hydrogens is 302 g/mol. The number of hydrogen-bond donors (Lipinski definition) is 0. The van der Waals surface area contributed by atoms with E-state index in [-0.39, 0.29) is 12.3 Å². The minimum absolute atomic E-state index is 0.278. The Balaban J connectivity index is 2.42. The number of aryl methyl sites for hydroxylation is 2. The predicted molar refractivity (Wildman–Crippen MR) is 87.4 cm³/mol. The SMILES string of the molecule is CCc1cccc(-n2nnn(C)c2=O)c1CON=C(C)SC. The maximum absolute atomic E-state index is 12.1. The summed E-state index contributed by atoms with van der Waals surface area (Å²) in [6, 6.07) is 5.74. The zero-order valence-electron chi connectivity index (χ0n) is 13.1. The quantitative estimate of drug-likeness (QED) is 0.476. The van der Waals surface area contributed by atoms with Crippen LogP contribution in [-0.2, 0) is 24.9 Å². The van der Waals surface area contributed by atoms with E-state index in [4.69, 9.17) is 4.84 Å². The highest BCUT2D eigenvalue weighted by molar-refractivity contribution is 8.13. The molecule has 1 aromatic heterocycles. The van der Waals surface area contributed by atoms with Crippen molar-refractivity contribution in [3.63, 3.8) is 0 Å². The Kier molecular flexibility index (Phi) is 5.37. The average Bonchev–Trinajstić information content (AvgIpc) is 2.86. The fourth-order valence-corrected chi connectivity index (χ4v) is 2.13. The number of oxime groups is 1. The van der Waals surface area contributed by atoms with Crippen molar-refractivity contribution in [3.8, 4) is 5.69 Å². The number of aromatic nitrogens is 4. The molecule has 1 aromatic carbocycles. The van der Waals surface area contributed by atoms with Crippen molar-refractivity contribution in [3.05, 3.63) is 39.8 Å². The van der Waals surface area contributed by atoms with Crippen LogP contribution in [0.25, 0.3) is 5.69 Å². The molecule has 118 valence electrons. The smallest absolute Gasteiger partial charge is 0.368 e. The van der Waals surface area contributed by atoms with Crippen molar-refractivity contribution in [2.24, 2.45) is 12.2 Å². The lowest BCUT2D eigenvalue weighted by Crippen LogP contribution is -2.23. The van der Waals surface area contributed by atoms with Crippen molar-refractivity contribution in [1.82, 2.24) is 19.8 Å². The van der Waals surface area contributed by atoms with Crippen molar-refractivity contribution in [1.29, 1.82) is 0 Å². The molecule has 0 atom stereocenters. The van der Waals surface area contributed by atoms with E-state index in [1.54, 1.807) is 7.05 Å². The summed E-state index contributed by atoms with van der Waals surface area (Å²) in [6.45, 7) is 4.21. The molecule has 0 bridgehead atoms. The maximum Gasteiger partial charge on any atom is 0.368 e. The molecule has 2 rings (SSSR count). The Morgan fingerprint density at radius 2 is 2.18 bits per heavy atom. The van der Waals surface area contributed by atoms with E-state index in [2.05, 4.69) is 22.5 Å². The summed E-state index contributed by atoms with van der Waals surface area (Å²) in [7, 11) is 1.57. The first-order chi connectivity index (χ1) is 10.6. The summed E-state index contributed by atoms with van der Waals surface area (Å²) in [4.78, 5) is 17.5. The maximum atomic E-state index is 12.1. The van der Waals surface area contributed by atoms with Crippen molar-refractivity contribution in [2.75, 3.05) is 6.26 Å². The molecule has 0 unspecified atom stereocenters. The third kappa shape index (κ3) is 3.38. The first-order valence-electron chi connectivity index (χ1n) is 6.89. The minimum Gasteiger partial charge on any atom is -0.390 e. The standard InChI is InChI=1S/C14H19N5O2S/c1-5-11-7-6-8-13(19-14(20)18(3)16-17-19)12(11)9-21-15-10(2)22-4/h6-8H,5,9H2,1-4H3. The van der Waals surface area contributed by atoms with Gasteiger partial charge in [-0.25, -0.2) is 4.79 Å². The molecule has 0 fully saturated rings. The van der Waals surface area contributed by atoms with E-state index in [1.807, 2.05) is 31.4 Å². The number of rotatable bonds is 5. The van der Waals surface area contributed by atoms with Crippen LogP contribution in [0.3, 0.4) is 0 Å². The largest absolute Gasteiger partial charge is 0.390 e. The Hall–Kier alpha value is -2.09. The predicted octanol–water partition coefficient (Wildman–Crippen LogP) is 1.74. The van der Waals surface area contributed by atoms with Crippen LogP contribution in [-0.4, -0.2) is 31.1 Å². The van der Waals surface area contributed by atoms with E-state index in [1.165, 1.54) is 21.1 Å². The summed E-state index contributed by atoms with van der Waals surface area (Å²) in [6.07, 6.45) is 2.76. The zero-order chi connectivity index (χ0) is 16.1. The van der Waals surface area contributed by atoms with E-state index in [9.17, 15) is 4.79 Å². The van der Waals surface area contributed by atoms with Crippen molar-refractivity contribution >= 4 is 16.8 Å². The number of hydrogen-bond acceptors (Lipinski definition) is 6. The van der Waals surface area contributed by atoms with Crippen molar-refractivity contribution < 1.29 is 4.84 Å². The van der Waals surface area contributed by atoms with Gasteiger partial charge < -0.3 is 4.84 Å². The molecule has 0 aliphatic rings. The Morgan fingerprint density at radius 1 is 1.41 bits per heavy atom. The second kappa shape index (κ2) is 7.26. The molecule has 2 aromatic rings. The normalized spacial score (nSPS) is 11.7. The van der Waals surface area contributed by atoms with E-state index < -0.39 is 0 Å². The van der Waals surface area contributed by atoms with Crippen LogP contribution in [0.1, 0.15) is 25.0 Å². The minimum atomic E-state index is -0.293. The fraction of sp³-hybridized carbons (Fsp3) is 0.429. The first kappa shape index (κ1) is 16.3. The lowest BCUT2D eigenvalue weighted by atomic mass is 10.0. The number of tetrazole rings is 1. The van der Waals surface area contributed by atoms with Crippen LogP contribution >= 0.6 is 11.8 Å². The highest BCUT2D eigenvalue weighted by Crippen LogP contribution is 2.19. The van der Waals surface area contributed by atoms with Gasteiger partial charge in [0.1, 0.15) is 11.7 Å². The van der Waals surface area contributed by atoms with Gasteiger partial charge in [0, 0.05) is 12.6 Å². The van der Waals surface area contributed by atoms with Crippen molar-refractivity contribution in [2.45, 2.75) is 26.9 Å². The topological polar surface area (TPSA) is 74.3 Å². The van der Waals surface area contributed by atoms with E-state index in [0.717, 1.165) is 22.6 Å². The Bertz CT molecular complexity index is 735. The zero-order valence-corrected chi connectivity index (χ0v) is 13.9. The van der Waals surface area contributed by atoms with Gasteiger partial charge in [-0.1, -0.05) is 24.2 Å². The molecule has 8 heteroatoms. The fourth-order valence-electron chi connectivity index (χ4n) is 2.01. The highest BCUT2D eigenvalue weighted by atomic mass is 32.2. The van der Waals surface area contributed by atoms with Gasteiger partial charge >= 0.3 is 5.69 Å². The third-order valence-electron chi connectivity index (χ3n) is 3.28. The van der Waals surface area contributed by atoms with Gasteiger partial charge in [0.25, 0.3) is 0 Å². The molecule has 0 saturated carbocycles. The number of benzene rings is 1. The molecule has 0 aliphatic carbocycles. The van der Waals surface area contributed by atoms with Gasteiger partial charge in [-0.3, -0.25) is 0 Å². The van der Waals surface area contributed by atoms with E-state index >= 15 is 0 Å². The van der Waals surface area contributed by atoms with Crippen LogP contribution < -0.4 is 5.69 Å². The molecule has 0 N–H and O–H groups in total. The molecule has 22 heavy (non-hydrogen) atoms. The van der Waals surface area contributed by atoms with Gasteiger partial charge in [-0.05, 0) is 41.7 Å². The Morgan fingerprint density at radius 3 is 2.77 bits per heavy atom. The van der Waals surface area contributed by atoms with Crippen LogP contribution in [0.5, 0.6) is 0 Å². The summed E-state index contributed by atoms with van der Waals surface area (Å²) < 4.78 is 2.47. The molecule has 0 amide bonds. The van der Waals surface area contributed by atoms with Gasteiger partial charge in [-0.15, -0.1) is 11.8 Å². The van der Waals surface area contributed by atoms with Crippen LogP contribution in [0.2, 0.25) is 0 Å².